The summed E-state index contributed by atoms with van der Waals surface area (Å²) in [4.78, 5) is 16.5. The maximum absolute atomic E-state index is 11.6. The van der Waals surface area contributed by atoms with Crippen molar-refractivity contribution in [3.8, 4) is 17.1 Å². The largest absolute Gasteiger partial charge is 0.356 e. The average Bonchev–Trinajstić information content (AvgIpc) is 3.52. The van der Waals surface area contributed by atoms with E-state index >= 15 is 0 Å². The molecule has 6 nitrogen and oxygen atoms in total. The summed E-state index contributed by atoms with van der Waals surface area (Å²) >= 11 is 0. The molecule has 6 heteroatoms. The predicted octanol–water partition coefficient (Wildman–Crippen LogP) is 4.70. The van der Waals surface area contributed by atoms with Crippen molar-refractivity contribution >= 4 is 23.0 Å². The molecule has 5 rings (SSSR count). The molecule has 33 heavy (non-hydrogen) atoms. The number of aromatic nitrogens is 4. The highest BCUT2D eigenvalue weighted by atomic mass is 16.1. The van der Waals surface area contributed by atoms with Crippen molar-refractivity contribution < 1.29 is 4.79 Å². The van der Waals surface area contributed by atoms with Gasteiger partial charge in [0.05, 0.1) is 16.7 Å². The number of imidazole rings is 1. The summed E-state index contributed by atoms with van der Waals surface area (Å²) in [6, 6.07) is 26.5. The Balaban J connectivity index is 1.52. The molecule has 5 aromatic rings. The van der Waals surface area contributed by atoms with E-state index < -0.39 is 0 Å². The molecule has 3 aromatic carbocycles. The lowest BCUT2D eigenvalue weighted by Crippen LogP contribution is -2.13. The lowest BCUT2D eigenvalue weighted by molar-refractivity contribution is -0.115. The van der Waals surface area contributed by atoms with Crippen LogP contribution in [0, 0.1) is 0 Å². The number of hydrogen-bond acceptors (Lipinski definition) is 3. The average molecular weight is 434 g/mol. The van der Waals surface area contributed by atoms with Crippen molar-refractivity contribution in [2.24, 2.45) is 0 Å². The summed E-state index contributed by atoms with van der Waals surface area (Å²) in [7, 11) is 1.62. The molecule has 0 saturated carbocycles. The van der Waals surface area contributed by atoms with E-state index in [2.05, 4.69) is 57.4 Å². The molecular weight excluding hydrogens is 410 g/mol. The molecule has 0 spiro atoms. The summed E-state index contributed by atoms with van der Waals surface area (Å²) < 4.78 is 4.08. The molecule has 0 fully saturated rings. The fourth-order valence-corrected chi connectivity index (χ4v) is 3.85. The number of carbonyl (C=O) groups excluding carboxylic acids is 1. The Bertz CT molecular complexity index is 1430. The minimum absolute atomic E-state index is 0.133. The predicted molar refractivity (Wildman–Crippen MR) is 131 cm³/mol. The molecular formula is C27H23N5O. The van der Waals surface area contributed by atoms with Gasteiger partial charge in [-0.15, -0.1) is 0 Å². The highest BCUT2D eigenvalue weighted by Gasteiger charge is 2.13. The third kappa shape index (κ3) is 4.32. The Kier molecular flexibility index (Phi) is 5.55. The molecule has 0 saturated heterocycles. The quantitative estimate of drug-likeness (QED) is 0.395. The van der Waals surface area contributed by atoms with Crippen molar-refractivity contribution in [1.82, 2.24) is 24.6 Å². The van der Waals surface area contributed by atoms with Crippen molar-refractivity contribution in [1.29, 1.82) is 0 Å². The molecule has 0 aliphatic rings. The number of carbonyl (C=O) groups is 1. The molecule has 0 aliphatic carbocycles. The van der Waals surface area contributed by atoms with Crippen molar-refractivity contribution in [2.45, 2.75) is 6.54 Å². The topological polar surface area (TPSA) is 64.7 Å². The number of nitrogens with zero attached hydrogens (tertiary/aromatic N) is 4. The number of para-hydroxylation sites is 2. The third-order valence-corrected chi connectivity index (χ3v) is 5.52. The monoisotopic (exact) mass is 433 g/mol. The van der Waals surface area contributed by atoms with Crippen LogP contribution in [-0.4, -0.2) is 32.3 Å². The molecule has 162 valence electrons. The van der Waals surface area contributed by atoms with E-state index in [0.29, 0.717) is 6.54 Å². The van der Waals surface area contributed by atoms with E-state index in [1.165, 1.54) is 11.6 Å². The number of nitrogens with one attached hydrogen (secondary N) is 1. The van der Waals surface area contributed by atoms with Gasteiger partial charge in [-0.25, -0.2) is 9.67 Å². The number of amides is 1. The van der Waals surface area contributed by atoms with Crippen LogP contribution in [0.5, 0.6) is 0 Å². The molecule has 0 bridgehead atoms. The van der Waals surface area contributed by atoms with Gasteiger partial charge in [-0.1, -0.05) is 42.5 Å². The SMILES string of the molecule is CNC(=O)/C=C/c1cccc(-c2nc3ccccc3n2Cc2ccc(-n3cccn3)cc2)c1. The van der Waals surface area contributed by atoms with Gasteiger partial charge in [-0.05, 0) is 53.6 Å². The van der Waals surface area contributed by atoms with Crippen LogP contribution in [0.2, 0.25) is 0 Å². The van der Waals surface area contributed by atoms with Gasteiger partial charge in [-0.3, -0.25) is 4.79 Å². The van der Waals surface area contributed by atoms with Crippen LogP contribution in [0.1, 0.15) is 11.1 Å². The van der Waals surface area contributed by atoms with Crippen LogP contribution in [0.25, 0.3) is 34.2 Å². The summed E-state index contributed by atoms with van der Waals surface area (Å²) in [6.45, 7) is 0.688. The molecule has 1 N–H and O–H groups in total. The van der Waals surface area contributed by atoms with Gasteiger partial charge in [0.15, 0.2) is 0 Å². The number of likely N-dealkylation sites (N-methyl/N-ethyl adjacent to an activating group) is 1. The fourth-order valence-electron chi connectivity index (χ4n) is 3.85. The van der Waals surface area contributed by atoms with Crippen LogP contribution in [0.4, 0.5) is 0 Å². The Hall–Kier alpha value is -4.45. The van der Waals surface area contributed by atoms with Crippen LogP contribution >= 0.6 is 0 Å². The van der Waals surface area contributed by atoms with Crippen molar-refractivity contribution in [2.75, 3.05) is 7.05 Å². The van der Waals surface area contributed by atoms with E-state index in [1.807, 2.05) is 53.4 Å². The zero-order valence-corrected chi connectivity index (χ0v) is 18.2. The molecule has 0 atom stereocenters. The van der Waals surface area contributed by atoms with Gasteiger partial charge in [-0.2, -0.15) is 5.10 Å². The lowest BCUT2D eigenvalue weighted by Gasteiger charge is -2.11. The normalized spacial score (nSPS) is 11.3. The Labute approximate surface area is 191 Å². The second kappa shape index (κ2) is 8.96. The molecule has 2 aromatic heterocycles. The van der Waals surface area contributed by atoms with Gasteiger partial charge in [0.1, 0.15) is 5.82 Å². The van der Waals surface area contributed by atoms with Gasteiger partial charge >= 0.3 is 0 Å². The summed E-state index contributed by atoms with van der Waals surface area (Å²) in [6.07, 6.45) is 7.05. The van der Waals surface area contributed by atoms with Crippen LogP contribution in [0.15, 0.2) is 97.3 Å². The maximum Gasteiger partial charge on any atom is 0.243 e. The standard InChI is InChI=1S/C27H23N5O/c1-28-26(33)15-12-20-6-4-7-22(18-20)27-30-24-8-2-3-9-25(24)31(27)19-21-10-13-23(14-11-21)32-17-5-16-29-32/h2-18H,19H2,1H3,(H,28,33)/b15-12+. The van der Waals surface area contributed by atoms with Gasteiger partial charge < -0.3 is 9.88 Å². The number of hydrogen-bond donors (Lipinski definition) is 1. The number of benzene rings is 3. The van der Waals surface area contributed by atoms with E-state index in [4.69, 9.17) is 4.98 Å². The molecule has 0 radical (unpaired) electrons. The Morgan fingerprint density at radius 3 is 2.64 bits per heavy atom. The highest BCUT2D eigenvalue weighted by molar-refractivity contribution is 5.91. The first-order valence-corrected chi connectivity index (χ1v) is 10.8. The van der Waals surface area contributed by atoms with Crippen LogP contribution < -0.4 is 5.32 Å². The summed E-state index contributed by atoms with van der Waals surface area (Å²) in [5.74, 6) is 0.758. The Morgan fingerprint density at radius 1 is 1.00 bits per heavy atom. The van der Waals surface area contributed by atoms with Crippen molar-refractivity contribution in [3.05, 3.63) is 108 Å². The third-order valence-electron chi connectivity index (χ3n) is 5.52. The molecule has 1 amide bonds. The fraction of sp³-hybridized carbons (Fsp3) is 0.0741. The van der Waals surface area contributed by atoms with Crippen molar-refractivity contribution in [3.63, 3.8) is 0 Å². The zero-order valence-electron chi connectivity index (χ0n) is 18.2. The first-order valence-electron chi connectivity index (χ1n) is 10.8. The molecule has 0 unspecified atom stereocenters. The smallest absolute Gasteiger partial charge is 0.243 e. The van der Waals surface area contributed by atoms with E-state index in [0.717, 1.165) is 33.7 Å². The lowest BCUT2D eigenvalue weighted by atomic mass is 10.1. The van der Waals surface area contributed by atoms with E-state index in [-0.39, 0.29) is 5.91 Å². The number of fused-ring (bicyclic) bond motifs is 1. The summed E-state index contributed by atoms with van der Waals surface area (Å²) in [5.41, 5.74) is 6.17. The highest BCUT2D eigenvalue weighted by Crippen LogP contribution is 2.27. The zero-order chi connectivity index (χ0) is 22.6. The second-order valence-corrected chi connectivity index (χ2v) is 7.70. The van der Waals surface area contributed by atoms with E-state index in [9.17, 15) is 4.79 Å². The maximum atomic E-state index is 11.6. The number of rotatable bonds is 6. The van der Waals surface area contributed by atoms with Crippen LogP contribution in [-0.2, 0) is 11.3 Å². The second-order valence-electron chi connectivity index (χ2n) is 7.70. The van der Waals surface area contributed by atoms with Gasteiger partial charge in [0.2, 0.25) is 5.91 Å². The van der Waals surface area contributed by atoms with Gasteiger partial charge in [0.25, 0.3) is 0 Å². The van der Waals surface area contributed by atoms with Crippen LogP contribution in [0.3, 0.4) is 0 Å². The first-order chi connectivity index (χ1) is 16.2. The first kappa shape index (κ1) is 20.5. The molecule has 0 aliphatic heterocycles. The minimum Gasteiger partial charge on any atom is -0.356 e. The van der Waals surface area contributed by atoms with Gasteiger partial charge in [0, 0.05) is 37.6 Å². The molecule has 2 heterocycles. The Morgan fingerprint density at radius 2 is 1.85 bits per heavy atom. The van der Waals surface area contributed by atoms with E-state index in [1.54, 1.807) is 13.2 Å². The minimum atomic E-state index is -0.133. The summed E-state index contributed by atoms with van der Waals surface area (Å²) in [5, 5.41) is 6.90.